The summed E-state index contributed by atoms with van der Waals surface area (Å²) in [5.41, 5.74) is 4.50. The second-order valence-corrected chi connectivity index (χ2v) is 2.47. The first-order valence-corrected chi connectivity index (χ1v) is 4.42. The Morgan fingerprint density at radius 1 is 1.00 bits per heavy atom. The summed E-state index contributed by atoms with van der Waals surface area (Å²) in [6, 6.07) is 0. The molecule has 0 bridgehead atoms. The predicted molar refractivity (Wildman–Crippen MR) is 49.1 cm³/mol. The van der Waals surface area contributed by atoms with Gasteiger partial charge in [-0.2, -0.15) is 0 Å². The van der Waals surface area contributed by atoms with E-state index in [9.17, 15) is 0 Å². The number of hydrogen-bond donors (Lipinski definition) is 1. The molecule has 0 aliphatic heterocycles. The summed E-state index contributed by atoms with van der Waals surface area (Å²) in [4.78, 5) is 0. The van der Waals surface area contributed by atoms with Crippen LogP contribution in [-0.4, -0.2) is 7.05 Å². The van der Waals surface area contributed by atoms with Gasteiger partial charge in [-0.1, -0.05) is 46.5 Å². The molecule has 0 atom stereocenters. The molecule has 0 unspecified atom stereocenters. The highest BCUT2D eigenvalue weighted by Crippen LogP contribution is 2.13. The van der Waals surface area contributed by atoms with Gasteiger partial charge in [0.05, 0.1) is 0 Å². The fourth-order valence-electron chi connectivity index (χ4n) is 1.11. The molecule has 1 nitrogen and oxygen atoms in total. The molecule has 0 radical (unpaired) electrons. The lowest BCUT2D eigenvalue weighted by Gasteiger charge is -2.08. The molecular formula is C9H23N. The van der Waals surface area contributed by atoms with E-state index in [0.29, 0.717) is 0 Å². The first-order chi connectivity index (χ1) is 4.85. The van der Waals surface area contributed by atoms with Crippen molar-refractivity contribution >= 4 is 0 Å². The standard InChI is InChI=1S/C8H18.CH5N/c1-4-7-8(5-2)6-3;1-2/h8H,4-7H2,1-3H3;2H2,1H3. The third-order valence-corrected chi connectivity index (χ3v) is 1.85. The first kappa shape index (κ1) is 12.6. The molecule has 0 spiro atoms. The van der Waals surface area contributed by atoms with Crippen molar-refractivity contribution in [2.45, 2.75) is 46.5 Å². The van der Waals surface area contributed by atoms with Crippen molar-refractivity contribution in [1.29, 1.82) is 0 Å². The Kier molecular flexibility index (Phi) is 14.8. The van der Waals surface area contributed by atoms with Gasteiger partial charge in [0.1, 0.15) is 0 Å². The largest absolute Gasteiger partial charge is 0.333 e. The van der Waals surface area contributed by atoms with Crippen LogP contribution in [0, 0.1) is 5.92 Å². The smallest absolute Gasteiger partial charge is 0.0195 e. The van der Waals surface area contributed by atoms with Gasteiger partial charge in [0, 0.05) is 0 Å². The molecule has 0 rings (SSSR count). The molecule has 0 saturated carbocycles. The molecule has 0 heterocycles. The topological polar surface area (TPSA) is 26.0 Å². The zero-order valence-electron chi connectivity index (χ0n) is 7.98. The van der Waals surface area contributed by atoms with E-state index >= 15 is 0 Å². The van der Waals surface area contributed by atoms with E-state index < -0.39 is 0 Å². The minimum absolute atomic E-state index is 1.000. The Morgan fingerprint density at radius 2 is 1.40 bits per heavy atom. The van der Waals surface area contributed by atoms with Gasteiger partial charge in [0.2, 0.25) is 0 Å². The monoisotopic (exact) mass is 145 g/mol. The van der Waals surface area contributed by atoms with E-state index in [2.05, 4.69) is 26.5 Å². The highest BCUT2D eigenvalue weighted by atomic mass is 14.4. The maximum atomic E-state index is 4.50. The number of rotatable bonds is 4. The number of nitrogens with two attached hydrogens (primary N) is 1. The van der Waals surface area contributed by atoms with Crippen LogP contribution in [0.5, 0.6) is 0 Å². The van der Waals surface area contributed by atoms with Crippen molar-refractivity contribution in [3.05, 3.63) is 0 Å². The van der Waals surface area contributed by atoms with Gasteiger partial charge in [-0.25, -0.2) is 0 Å². The molecule has 0 aromatic carbocycles. The molecule has 0 saturated heterocycles. The minimum atomic E-state index is 1.000. The van der Waals surface area contributed by atoms with Gasteiger partial charge in [-0.15, -0.1) is 0 Å². The number of hydrogen-bond acceptors (Lipinski definition) is 1. The van der Waals surface area contributed by atoms with Crippen molar-refractivity contribution in [2.75, 3.05) is 7.05 Å². The highest BCUT2D eigenvalue weighted by Gasteiger charge is 1.98. The molecule has 1 heteroatoms. The molecule has 10 heavy (non-hydrogen) atoms. The van der Waals surface area contributed by atoms with E-state index in [0.717, 1.165) is 5.92 Å². The lowest BCUT2D eigenvalue weighted by atomic mass is 9.98. The van der Waals surface area contributed by atoms with Crippen LogP contribution < -0.4 is 5.73 Å². The van der Waals surface area contributed by atoms with E-state index in [1.807, 2.05) is 0 Å². The quantitative estimate of drug-likeness (QED) is 0.646. The summed E-state index contributed by atoms with van der Waals surface area (Å²) in [5.74, 6) is 1.000. The van der Waals surface area contributed by atoms with Gasteiger partial charge in [0.15, 0.2) is 0 Å². The van der Waals surface area contributed by atoms with Gasteiger partial charge in [0.25, 0.3) is 0 Å². The summed E-state index contributed by atoms with van der Waals surface area (Å²) >= 11 is 0. The highest BCUT2D eigenvalue weighted by molar-refractivity contribution is 4.51. The average Bonchev–Trinajstić information content (AvgIpc) is 2.04. The third kappa shape index (κ3) is 7.96. The summed E-state index contributed by atoms with van der Waals surface area (Å²) < 4.78 is 0. The Bertz CT molecular complexity index is 40.0. The van der Waals surface area contributed by atoms with Crippen LogP contribution in [0.4, 0.5) is 0 Å². The van der Waals surface area contributed by atoms with Crippen LogP contribution in [-0.2, 0) is 0 Å². The molecule has 2 N–H and O–H groups in total. The maximum Gasteiger partial charge on any atom is -0.0195 e. The minimum Gasteiger partial charge on any atom is -0.333 e. The average molecular weight is 145 g/mol. The third-order valence-electron chi connectivity index (χ3n) is 1.85. The van der Waals surface area contributed by atoms with Crippen molar-refractivity contribution in [3.63, 3.8) is 0 Å². The van der Waals surface area contributed by atoms with Crippen LogP contribution >= 0.6 is 0 Å². The fraction of sp³-hybridized carbons (Fsp3) is 1.00. The van der Waals surface area contributed by atoms with Crippen LogP contribution in [0.3, 0.4) is 0 Å². The zero-order chi connectivity index (χ0) is 8.41. The van der Waals surface area contributed by atoms with Gasteiger partial charge in [-0.3, -0.25) is 0 Å². The second kappa shape index (κ2) is 11.7. The van der Waals surface area contributed by atoms with Gasteiger partial charge >= 0.3 is 0 Å². The van der Waals surface area contributed by atoms with Crippen molar-refractivity contribution in [1.82, 2.24) is 0 Å². The summed E-state index contributed by atoms with van der Waals surface area (Å²) in [6.07, 6.45) is 5.51. The van der Waals surface area contributed by atoms with E-state index in [1.165, 1.54) is 32.7 Å². The lowest BCUT2D eigenvalue weighted by molar-refractivity contribution is 0.451. The predicted octanol–water partition coefficient (Wildman–Crippen LogP) is 2.80. The van der Waals surface area contributed by atoms with E-state index in [-0.39, 0.29) is 0 Å². The normalized spacial score (nSPS) is 9.00. The Hall–Kier alpha value is -0.0400. The summed E-state index contributed by atoms with van der Waals surface area (Å²) in [7, 11) is 1.50. The first-order valence-electron chi connectivity index (χ1n) is 4.42. The van der Waals surface area contributed by atoms with Crippen LogP contribution in [0.2, 0.25) is 0 Å². The van der Waals surface area contributed by atoms with Crippen molar-refractivity contribution in [3.8, 4) is 0 Å². The molecule has 0 aliphatic rings. The summed E-state index contributed by atoms with van der Waals surface area (Å²) in [5, 5.41) is 0. The maximum absolute atomic E-state index is 4.50. The molecule has 0 aliphatic carbocycles. The van der Waals surface area contributed by atoms with Gasteiger partial charge in [-0.05, 0) is 13.0 Å². The molecule has 0 aromatic rings. The molecule has 0 fully saturated rings. The Balaban J connectivity index is 0. The zero-order valence-corrected chi connectivity index (χ0v) is 7.98. The van der Waals surface area contributed by atoms with Crippen molar-refractivity contribution in [2.24, 2.45) is 11.7 Å². The van der Waals surface area contributed by atoms with Crippen LogP contribution in [0.25, 0.3) is 0 Å². The van der Waals surface area contributed by atoms with Crippen LogP contribution in [0.15, 0.2) is 0 Å². The molecule has 64 valence electrons. The Labute approximate surface area is 66.0 Å². The molecular weight excluding hydrogens is 122 g/mol. The van der Waals surface area contributed by atoms with E-state index in [4.69, 9.17) is 0 Å². The van der Waals surface area contributed by atoms with E-state index in [1.54, 1.807) is 0 Å². The van der Waals surface area contributed by atoms with Gasteiger partial charge < -0.3 is 5.73 Å². The Morgan fingerprint density at radius 3 is 1.50 bits per heavy atom. The fourth-order valence-corrected chi connectivity index (χ4v) is 1.11. The molecule has 0 amide bonds. The second-order valence-electron chi connectivity index (χ2n) is 2.47. The molecule has 0 aromatic heterocycles. The lowest BCUT2D eigenvalue weighted by Crippen LogP contribution is -1.94. The SMILES string of the molecule is CCCC(CC)CC.CN. The van der Waals surface area contributed by atoms with Crippen molar-refractivity contribution < 1.29 is 0 Å². The summed E-state index contributed by atoms with van der Waals surface area (Å²) in [6.45, 7) is 6.83. The van der Waals surface area contributed by atoms with Crippen LogP contribution in [0.1, 0.15) is 46.5 Å².